The third kappa shape index (κ3) is 3.24. The van der Waals surface area contributed by atoms with Gasteiger partial charge in [0.2, 0.25) is 5.91 Å². The summed E-state index contributed by atoms with van der Waals surface area (Å²) in [6.07, 6.45) is 1.75. The number of nitrogen functional groups attached to an aromatic ring is 1. The molecule has 0 saturated heterocycles. The number of amides is 1. The maximum absolute atomic E-state index is 12.2. The maximum Gasteiger partial charge on any atom is 0.242 e. The third-order valence-corrected chi connectivity index (χ3v) is 3.64. The van der Waals surface area contributed by atoms with Gasteiger partial charge in [-0.15, -0.1) is 0 Å². The van der Waals surface area contributed by atoms with Gasteiger partial charge >= 0.3 is 0 Å². The second-order valence-corrected chi connectivity index (χ2v) is 5.03. The highest BCUT2D eigenvalue weighted by molar-refractivity contribution is 5.94. The van der Waals surface area contributed by atoms with E-state index in [0.29, 0.717) is 12.2 Å². The Morgan fingerprint density at radius 1 is 1.24 bits per heavy atom. The number of hydrogen-bond acceptors (Lipinski definition) is 4. The quantitative estimate of drug-likeness (QED) is 0.855. The van der Waals surface area contributed by atoms with Crippen molar-refractivity contribution >= 4 is 28.2 Å². The fourth-order valence-electron chi connectivity index (χ4n) is 2.45. The lowest BCUT2D eigenvalue weighted by atomic mass is 10.1. The standard InChI is InChI=1S/C16H22N4O/c1-4-20(5-2)16(21)11-19(3)15-8-9-18-14-10-12(17)6-7-13(14)15/h6-10H,4-5,11,17H2,1-3H3. The molecule has 0 spiro atoms. The summed E-state index contributed by atoms with van der Waals surface area (Å²) in [5, 5.41) is 1.00. The van der Waals surface area contributed by atoms with Crippen molar-refractivity contribution in [2.45, 2.75) is 13.8 Å². The van der Waals surface area contributed by atoms with Crippen LogP contribution in [0.5, 0.6) is 0 Å². The molecule has 0 aliphatic heterocycles. The van der Waals surface area contributed by atoms with Crippen molar-refractivity contribution in [2.24, 2.45) is 0 Å². The summed E-state index contributed by atoms with van der Waals surface area (Å²) in [5.41, 5.74) is 8.31. The lowest BCUT2D eigenvalue weighted by molar-refractivity contribution is -0.129. The molecule has 0 saturated carbocycles. The van der Waals surface area contributed by atoms with Gasteiger partial charge in [-0.3, -0.25) is 9.78 Å². The minimum absolute atomic E-state index is 0.128. The number of carbonyl (C=O) groups is 1. The van der Waals surface area contributed by atoms with Crippen LogP contribution in [0, 0.1) is 0 Å². The average Bonchev–Trinajstić information content (AvgIpc) is 2.47. The molecule has 2 N–H and O–H groups in total. The molecule has 1 heterocycles. The Bertz CT molecular complexity index is 637. The van der Waals surface area contributed by atoms with Crippen LogP contribution < -0.4 is 10.6 Å². The van der Waals surface area contributed by atoms with E-state index in [4.69, 9.17) is 5.73 Å². The number of anilines is 2. The maximum atomic E-state index is 12.2. The third-order valence-electron chi connectivity index (χ3n) is 3.64. The van der Waals surface area contributed by atoms with E-state index in [-0.39, 0.29) is 5.91 Å². The van der Waals surface area contributed by atoms with Crippen LogP contribution in [0.15, 0.2) is 30.5 Å². The molecule has 0 aliphatic rings. The van der Waals surface area contributed by atoms with Gasteiger partial charge in [0.05, 0.1) is 12.1 Å². The largest absolute Gasteiger partial charge is 0.399 e. The molecule has 0 fully saturated rings. The molecular formula is C16H22N4O. The van der Waals surface area contributed by atoms with Crippen LogP contribution in [0.2, 0.25) is 0 Å². The van der Waals surface area contributed by atoms with Crippen LogP contribution in [-0.4, -0.2) is 42.5 Å². The van der Waals surface area contributed by atoms with Gasteiger partial charge in [0.15, 0.2) is 0 Å². The Morgan fingerprint density at radius 3 is 2.62 bits per heavy atom. The molecule has 0 bridgehead atoms. The zero-order valence-corrected chi connectivity index (χ0v) is 12.8. The predicted octanol–water partition coefficient (Wildman–Crippen LogP) is 2.12. The molecule has 0 aliphatic carbocycles. The first-order valence-corrected chi connectivity index (χ1v) is 7.20. The summed E-state index contributed by atoms with van der Waals surface area (Å²) in [5.74, 6) is 0.128. The van der Waals surface area contributed by atoms with E-state index in [2.05, 4.69) is 4.98 Å². The Hall–Kier alpha value is -2.30. The van der Waals surface area contributed by atoms with E-state index >= 15 is 0 Å². The van der Waals surface area contributed by atoms with Crippen LogP contribution in [0.1, 0.15) is 13.8 Å². The molecule has 2 rings (SSSR count). The fourth-order valence-corrected chi connectivity index (χ4v) is 2.45. The normalized spacial score (nSPS) is 10.6. The van der Waals surface area contributed by atoms with Crippen molar-refractivity contribution in [3.05, 3.63) is 30.5 Å². The first kappa shape index (κ1) is 15.1. The van der Waals surface area contributed by atoms with Gasteiger partial charge < -0.3 is 15.5 Å². The molecule has 0 atom stereocenters. The van der Waals surface area contributed by atoms with E-state index in [0.717, 1.165) is 29.7 Å². The minimum atomic E-state index is 0.128. The highest BCUT2D eigenvalue weighted by atomic mass is 16.2. The number of rotatable bonds is 5. The molecule has 0 unspecified atom stereocenters. The summed E-state index contributed by atoms with van der Waals surface area (Å²) in [4.78, 5) is 20.3. The van der Waals surface area contributed by atoms with Gasteiger partial charge in [0.25, 0.3) is 0 Å². The highest BCUT2D eigenvalue weighted by Crippen LogP contribution is 2.25. The van der Waals surface area contributed by atoms with Crippen LogP contribution in [-0.2, 0) is 4.79 Å². The summed E-state index contributed by atoms with van der Waals surface area (Å²) < 4.78 is 0. The molecular weight excluding hydrogens is 264 g/mol. The van der Waals surface area contributed by atoms with Crippen molar-refractivity contribution < 1.29 is 4.79 Å². The smallest absolute Gasteiger partial charge is 0.242 e. The van der Waals surface area contributed by atoms with Crippen LogP contribution >= 0.6 is 0 Å². The van der Waals surface area contributed by atoms with Crippen molar-refractivity contribution in [3.8, 4) is 0 Å². The Labute approximate surface area is 125 Å². The Morgan fingerprint density at radius 2 is 1.95 bits per heavy atom. The number of carbonyl (C=O) groups excluding carboxylic acids is 1. The second kappa shape index (κ2) is 6.43. The second-order valence-electron chi connectivity index (χ2n) is 5.03. The molecule has 0 radical (unpaired) electrons. The topological polar surface area (TPSA) is 62.5 Å². The number of nitrogens with two attached hydrogens (primary N) is 1. The molecule has 112 valence electrons. The first-order chi connectivity index (χ1) is 10.1. The molecule has 21 heavy (non-hydrogen) atoms. The number of aromatic nitrogens is 1. The lowest BCUT2D eigenvalue weighted by Gasteiger charge is -2.25. The summed E-state index contributed by atoms with van der Waals surface area (Å²) >= 11 is 0. The molecule has 2 aromatic rings. The minimum Gasteiger partial charge on any atom is -0.399 e. The van der Waals surface area contributed by atoms with Crippen molar-refractivity contribution in [1.82, 2.24) is 9.88 Å². The summed E-state index contributed by atoms with van der Waals surface area (Å²) in [6.45, 7) is 5.80. The number of hydrogen-bond donors (Lipinski definition) is 1. The molecule has 1 aromatic carbocycles. The van der Waals surface area contributed by atoms with E-state index < -0.39 is 0 Å². The SMILES string of the molecule is CCN(CC)C(=O)CN(C)c1ccnc2cc(N)ccc12. The summed E-state index contributed by atoms with van der Waals surface area (Å²) in [6, 6.07) is 7.58. The van der Waals surface area contributed by atoms with Crippen molar-refractivity contribution in [1.29, 1.82) is 0 Å². The fraction of sp³-hybridized carbons (Fsp3) is 0.375. The van der Waals surface area contributed by atoms with Crippen LogP contribution in [0.4, 0.5) is 11.4 Å². The van der Waals surface area contributed by atoms with Gasteiger partial charge in [-0.05, 0) is 38.1 Å². The van der Waals surface area contributed by atoms with Crippen LogP contribution in [0.3, 0.4) is 0 Å². The molecule has 5 nitrogen and oxygen atoms in total. The van der Waals surface area contributed by atoms with Gasteiger partial charge in [-0.2, -0.15) is 0 Å². The van der Waals surface area contributed by atoms with Gasteiger partial charge in [0, 0.05) is 43.1 Å². The zero-order chi connectivity index (χ0) is 15.4. The first-order valence-electron chi connectivity index (χ1n) is 7.20. The lowest BCUT2D eigenvalue weighted by Crippen LogP contribution is -2.38. The van der Waals surface area contributed by atoms with E-state index in [9.17, 15) is 4.79 Å². The molecule has 5 heteroatoms. The monoisotopic (exact) mass is 286 g/mol. The van der Waals surface area contributed by atoms with Crippen molar-refractivity contribution in [3.63, 3.8) is 0 Å². The number of nitrogens with zero attached hydrogens (tertiary/aromatic N) is 3. The van der Waals surface area contributed by atoms with Gasteiger partial charge in [-0.25, -0.2) is 0 Å². The van der Waals surface area contributed by atoms with E-state index in [1.807, 2.05) is 55.0 Å². The number of fused-ring (bicyclic) bond motifs is 1. The highest BCUT2D eigenvalue weighted by Gasteiger charge is 2.14. The number of pyridine rings is 1. The van der Waals surface area contributed by atoms with Crippen LogP contribution in [0.25, 0.3) is 10.9 Å². The van der Waals surface area contributed by atoms with E-state index in [1.165, 1.54) is 0 Å². The Kier molecular flexibility index (Phi) is 4.62. The average molecular weight is 286 g/mol. The van der Waals surface area contributed by atoms with Gasteiger partial charge in [0.1, 0.15) is 0 Å². The van der Waals surface area contributed by atoms with Crippen molar-refractivity contribution in [2.75, 3.05) is 37.3 Å². The molecule has 1 amide bonds. The van der Waals surface area contributed by atoms with Gasteiger partial charge in [-0.1, -0.05) is 0 Å². The molecule has 1 aromatic heterocycles. The predicted molar refractivity (Wildman–Crippen MR) is 87.4 cm³/mol. The number of benzene rings is 1. The zero-order valence-electron chi connectivity index (χ0n) is 12.8. The number of likely N-dealkylation sites (N-methyl/N-ethyl adjacent to an activating group) is 2. The summed E-state index contributed by atoms with van der Waals surface area (Å²) in [7, 11) is 1.92. The van der Waals surface area contributed by atoms with E-state index in [1.54, 1.807) is 6.20 Å². The Balaban J connectivity index is 2.27.